The fourth-order valence-electron chi connectivity index (χ4n) is 2.28. The first-order valence-corrected chi connectivity index (χ1v) is 7.41. The quantitative estimate of drug-likeness (QED) is 0.602. The number of carboxylic acids is 1. The molecule has 23 heavy (non-hydrogen) atoms. The molecule has 0 aliphatic carbocycles. The number of carbonyl (C=O) groups excluding carboxylic acids is 1. The van der Waals surface area contributed by atoms with Crippen molar-refractivity contribution < 1.29 is 19.1 Å². The summed E-state index contributed by atoms with van der Waals surface area (Å²) in [6.45, 7) is 6.20. The van der Waals surface area contributed by atoms with Gasteiger partial charge in [-0.3, -0.25) is 0 Å². The van der Waals surface area contributed by atoms with E-state index in [0.29, 0.717) is 23.5 Å². The summed E-state index contributed by atoms with van der Waals surface area (Å²) in [5.74, 6) is -0.577. The maximum atomic E-state index is 12.1. The summed E-state index contributed by atoms with van der Waals surface area (Å²) in [7, 11) is 0. The zero-order valence-corrected chi connectivity index (χ0v) is 13.5. The summed E-state index contributed by atoms with van der Waals surface area (Å²) < 4.78 is 10.9. The third-order valence-corrected chi connectivity index (χ3v) is 3.58. The molecule has 0 radical (unpaired) electrons. The van der Waals surface area contributed by atoms with Crippen molar-refractivity contribution in [2.75, 3.05) is 6.61 Å². The van der Waals surface area contributed by atoms with E-state index in [1.54, 1.807) is 19.1 Å². The summed E-state index contributed by atoms with van der Waals surface area (Å²) in [6, 6.07) is 5.29. The molecule has 0 amide bonds. The number of benzene rings is 1. The molecule has 0 aliphatic heterocycles. The molecule has 0 spiro atoms. The summed E-state index contributed by atoms with van der Waals surface area (Å²) in [5.41, 5.74) is 2.18. The zero-order valence-electron chi connectivity index (χ0n) is 13.5. The van der Waals surface area contributed by atoms with E-state index in [4.69, 9.17) is 9.15 Å². The molecule has 2 aromatic rings. The predicted octanol–water partition coefficient (Wildman–Crippen LogP) is 2.13. The summed E-state index contributed by atoms with van der Waals surface area (Å²) >= 11 is 0. The van der Waals surface area contributed by atoms with Crippen LogP contribution in [0.25, 0.3) is 11.0 Å². The number of ether oxygens (including phenoxy) is 1. The van der Waals surface area contributed by atoms with Crippen molar-refractivity contribution in [1.82, 2.24) is 0 Å². The fourth-order valence-corrected chi connectivity index (χ4v) is 2.28. The van der Waals surface area contributed by atoms with Crippen LogP contribution in [-0.2, 0) is 11.2 Å². The van der Waals surface area contributed by atoms with Crippen molar-refractivity contribution in [3.63, 3.8) is 0 Å². The van der Waals surface area contributed by atoms with Gasteiger partial charge < -0.3 is 19.1 Å². The van der Waals surface area contributed by atoms with Crippen LogP contribution in [0, 0.1) is 6.92 Å². The third kappa shape index (κ3) is 4.22. The van der Waals surface area contributed by atoms with E-state index in [0.717, 1.165) is 16.5 Å². The van der Waals surface area contributed by atoms with Crippen LogP contribution in [0.3, 0.4) is 0 Å². The van der Waals surface area contributed by atoms with Gasteiger partial charge in [0.2, 0.25) is 0 Å². The predicted molar refractivity (Wildman–Crippen MR) is 85.5 cm³/mol. The van der Waals surface area contributed by atoms with E-state index in [1.165, 1.54) is 0 Å². The summed E-state index contributed by atoms with van der Waals surface area (Å²) in [5, 5.41) is 11.4. The molecule has 0 fully saturated rings. The van der Waals surface area contributed by atoms with Gasteiger partial charge in [0.05, 0.1) is 0 Å². The molecule has 0 aliphatic rings. The Morgan fingerprint density at radius 1 is 1.35 bits per heavy atom. The van der Waals surface area contributed by atoms with Gasteiger partial charge in [-0.25, -0.2) is 4.79 Å². The van der Waals surface area contributed by atoms with Gasteiger partial charge in [-0.1, -0.05) is 5.57 Å². The Morgan fingerprint density at radius 3 is 2.74 bits per heavy atom. The number of allylic oxidation sites excluding steroid dienone is 1. The lowest BCUT2D eigenvalue weighted by molar-refractivity contribution is -0.305. The molecule has 0 bridgehead atoms. The zero-order chi connectivity index (χ0) is 17.0. The second-order valence-corrected chi connectivity index (χ2v) is 5.62. The fraction of sp³-hybridized carbons (Fsp3) is 0.333. The minimum Gasteiger partial charge on any atom is -0.550 e. The lowest BCUT2D eigenvalue weighted by Gasteiger charge is -2.10. The van der Waals surface area contributed by atoms with Gasteiger partial charge in [0.1, 0.15) is 17.9 Å². The maximum absolute atomic E-state index is 12.1. The van der Waals surface area contributed by atoms with Crippen molar-refractivity contribution in [1.29, 1.82) is 0 Å². The average Bonchev–Trinajstić information content (AvgIpc) is 2.46. The smallest absolute Gasteiger partial charge is 0.339 e. The number of rotatable bonds is 6. The van der Waals surface area contributed by atoms with Crippen molar-refractivity contribution in [3.8, 4) is 5.75 Å². The van der Waals surface area contributed by atoms with E-state index < -0.39 is 11.6 Å². The van der Waals surface area contributed by atoms with E-state index in [2.05, 4.69) is 0 Å². The highest BCUT2D eigenvalue weighted by Crippen LogP contribution is 2.24. The number of aliphatic carboxylic acids is 1. The van der Waals surface area contributed by atoms with Gasteiger partial charge in [0.15, 0.2) is 0 Å². The molecule has 122 valence electrons. The van der Waals surface area contributed by atoms with E-state index >= 15 is 0 Å². The normalized spacial score (nSPS) is 10.6. The molecule has 0 N–H and O–H groups in total. The highest BCUT2D eigenvalue weighted by Gasteiger charge is 2.12. The van der Waals surface area contributed by atoms with Crippen molar-refractivity contribution >= 4 is 16.9 Å². The first-order chi connectivity index (χ1) is 10.9. The van der Waals surface area contributed by atoms with Gasteiger partial charge in [-0.15, -0.1) is 0 Å². The Hall–Kier alpha value is -2.56. The van der Waals surface area contributed by atoms with Gasteiger partial charge in [-0.05, 0) is 57.4 Å². The highest BCUT2D eigenvalue weighted by atomic mass is 16.5. The Morgan fingerprint density at radius 2 is 2.09 bits per heavy atom. The molecule has 0 saturated carbocycles. The molecular weight excluding hydrogens is 296 g/mol. The summed E-state index contributed by atoms with van der Waals surface area (Å²) in [4.78, 5) is 22.6. The minimum absolute atomic E-state index is 0.102. The molecule has 0 unspecified atom stereocenters. The molecule has 5 heteroatoms. The van der Waals surface area contributed by atoms with Gasteiger partial charge in [-0.2, -0.15) is 0 Å². The first-order valence-electron chi connectivity index (χ1n) is 7.41. The Kier molecular flexibility index (Phi) is 5.21. The molecule has 1 aromatic heterocycles. The van der Waals surface area contributed by atoms with Gasteiger partial charge >= 0.3 is 5.63 Å². The van der Waals surface area contributed by atoms with Crippen molar-refractivity contribution in [2.24, 2.45) is 0 Å². The lowest BCUT2D eigenvalue weighted by atomic mass is 10.0. The second-order valence-electron chi connectivity index (χ2n) is 5.62. The van der Waals surface area contributed by atoms with Crippen molar-refractivity contribution in [3.05, 3.63) is 51.4 Å². The van der Waals surface area contributed by atoms with E-state index in [-0.39, 0.29) is 12.8 Å². The molecular formula is C18H19O5-. The third-order valence-electron chi connectivity index (χ3n) is 3.58. The molecule has 0 saturated heterocycles. The van der Waals surface area contributed by atoms with Crippen LogP contribution in [0.4, 0.5) is 0 Å². The first kappa shape index (κ1) is 16.8. The topological polar surface area (TPSA) is 79.6 Å². The van der Waals surface area contributed by atoms with Crippen LogP contribution >= 0.6 is 0 Å². The van der Waals surface area contributed by atoms with Gasteiger partial charge in [0, 0.05) is 23.0 Å². The number of carbonyl (C=O) groups is 1. The Balaban J connectivity index is 2.34. The molecule has 1 aromatic carbocycles. The maximum Gasteiger partial charge on any atom is 0.339 e. The summed E-state index contributed by atoms with van der Waals surface area (Å²) in [6.07, 6.45) is 1.85. The number of aryl methyl sites for hydroxylation is 1. The molecule has 1 heterocycles. The number of hydrogen-bond donors (Lipinski definition) is 0. The largest absolute Gasteiger partial charge is 0.550 e. The van der Waals surface area contributed by atoms with E-state index in [9.17, 15) is 14.7 Å². The van der Waals surface area contributed by atoms with Crippen LogP contribution in [0.15, 0.2) is 39.1 Å². The van der Waals surface area contributed by atoms with E-state index in [1.807, 2.05) is 26.0 Å². The van der Waals surface area contributed by atoms with Gasteiger partial charge in [0.25, 0.3) is 0 Å². The molecule has 0 atom stereocenters. The van der Waals surface area contributed by atoms with Crippen LogP contribution in [0.2, 0.25) is 0 Å². The van der Waals surface area contributed by atoms with Crippen LogP contribution in [-0.4, -0.2) is 12.6 Å². The van der Waals surface area contributed by atoms with Crippen LogP contribution < -0.4 is 15.5 Å². The van der Waals surface area contributed by atoms with Crippen molar-refractivity contribution in [2.45, 2.75) is 33.6 Å². The standard InChI is InChI=1S/C18H20O5/c1-11(2)8-9-22-13-4-5-14-12(3)15(6-7-17(19)20)18(21)23-16(14)10-13/h4-5,8,10H,6-7,9H2,1-3H3,(H,19,20)/p-1. The number of fused-ring (bicyclic) bond motifs is 1. The lowest BCUT2D eigenvalue weighted by Crippen LogP contribution is -2.24. The molecule has 5 nitrogen and oxygen atoms in total. The Labute approximate surface area is 134 Å². The Bertz CT molecular complexity index is 810. The monoisotopic (exact) mass is 315 g/mol. The number of carboxylic acid groups (broad SMARTS) is 1. The average molecular weight is 315 g/mol. The highest BCUT2D eigenvalue weighted by molar-refractivity contribution is 5.82. The SMILES string of the molecule is CC(C)=CCOc1ccc2c(C)c(CCC(=O)[O-])c(=O)oc2c1. The molecule has 2 rings (SSSR count). The second kappa shape index (κ2) is 7.13. The van der Waals surface area contributed by atoms with Crippen LogP contribution in [0.5, 0.6) is 5.75 Å². The van der Waals surface area contributed by atoms with Crippen LogP contribution in [0.1, 0.15) is 31.4 Å². The minimum atomic E-state index is -1.19. The number of hydrogen-bond acceptors (Lipinski definition) is 5.